The van der Waals surface area contributed by atoms with Gasteiger partial charge in [-0.05, 0) is 6.42 Å². The summed E-state index contributed by atoms with van der Waals surface area (Å²) in [7, 11) is 0. The van der Waals surface area contributed by atoms with Crippen molar-refractivity contribution >= 4 is 6.98 Å². The second-order valence-electron chi connectivity index (χ2n) is 1.46. The Kier molecular flexibility index (Phi) is 2.65. The molecular weight excluding hydrogens is 116 g/mol. The number of allylic oxidation sites excluding steroid dienone is 1. The van der Waals surface area contributed by atoms with Gasteiger partial charge in [0.1, 0.15) is 0 Å². The van der Waals surface area contributed by atoms with Crippen molar-refractivity contribution in [3.63, 3.8) is 0 Å². The Morgan fingerprint density at radius 1 is 1.38 bits per heavy atom. The van der Waals surface area contributed by atoms with Gasteiger partial charge in [0.15, 0.2) is 0 Å². The zero-order chi connectivity index (χ0) is 6.62. The Morgan fingerprint density at radius 3 is 2.00 bits per heavy atom. The Morgan fingerprint density at radius 2 is 1.88 bits per heavy atom. The van der Waals surface area contributed by atoms with E-state index in [2.05, 4.69) is 0 Å². The number of halogens is 3. The first kappa shape index (κ1) is 7.59. The summed E-state index contributed by atoms with van der Waals surface area (Å²) in [6, 6.07) is 0. The fourth-order valence-corrected chi connectivity index (χ4v) is 0.290. The molecule has 0 aliphatic carbocycles. The lowest BCUT2D eigenvalue weighted by Gasteiger charge is -2.04. The highest BCUT2D eigenvalue weighted by Crippen LogP contribution is 2.09. The monoisotopic (exact) mass is 123 g/mol. The summed E-state index contributed by atoms with van der Waals surface area (Å²) < 4.78 is 33.7. The third-order valence-electron chi connectivity index (χ3n) is 0.590. The van der Waals surface area contributed by atoms with E-state index >= 15 is 0 Å². The Hall–Kier alpha value is -0.405. The standard InChI is InChI=1S/C4H7BF3/c1-2-3-4-5(6,7)8/h3-4H,2H2,1H3/q-1/b4-3-. The van der Waals surface area contributed by atoms with Crippen molar-refractivity contribution in [3.05, 3.63) is 12.1 Å². The largest absolute Gasteiger partial charge is 0.502 e. The van der Waals surface area contributed by atoms with E-state index in [1.165, 1.54) is 0 Å². The van der Waals surface area contributed by atoms with Crippen LogP contribution in [0.2, 0.25) is 0 Å². The van der Waals surface area contributed by atoms with Crippen LogP contribution in [0, 0.1) is 0 Å². The van der Waals surface area contributed by atoms with Crippen LogP contribution in [0.1, 0.15) is 13.3 Å². The molecule has 0 aliphatic rings. The summed E-state index contributed by atoms with van der Waals surface area (Å²) >= 11 is 0. The van der Waals surface area contributed by atoms with E-state index in [0.29, 0.717) is 12.4 Å². The fraction of sp³-hybridized carbons (Fsp3) is 0.500. The van der Waals surface area contributed by atoms with Crippen LogP contribution < -0.4 is 0 Å². The summed E-state index contributed by atoms with van der Waals surface area (Å²) in [5.74, 6) is 0.306. The predicted octanol–water partition coefficient (Wildman–Crippen LogP) is 2.34. The van der Waals surface area contributed by atoms with E-state index in [9.17, 15) is 12.9 Å². The maximum absolute atomic E-state index is 11.2. The Balaban J connectivity index is 3.52. The number of hydrogen-bond acceptors (Lipinski definition) is 0. The fourth-order valence-electron chi connectivity index (χ4n) is 0.290. The zero-order valence-electron chi connectivity index (χ0n) is 4.57. The van der Waals surface area contributed by atoms with Crippen LogP contribution in [0.25, 0.3) is 0 Å². The minimum Gasteiger partial charge on any atom is -0.445 e. The van der Waals surface area contributed by atoms with Gasteiger partial charge in [0.2, 0.25) is 0 Å². The van der Waals surface area contributed by atoms with Crippen LogP contribution >= 0.6 is 0 Å². The summed E-state index contributed by atoms with van der Waals surface area (Å²) in [6.45, 7) is -3.02. The molecular formula is C4H7BF3-. The van der Waals surface area contributed by atoms with Crippen molar-refractivity contribution in [3.8, 4) is 0 Å². The smallest absolute Gasteiger partial charge is 0.445 e. The normalized spacial score (nSPS) is 13.0. The molecule has 0 saturated carbocycles. The van der Waals surface area contributed by atoms with Gasteiger partial charge in [-0.2, -0.15) is 0 Å². The lowest BCUT2D eigenvalue weighted by molar-refractivity contribution is 0.498. The molecule has 0 nitrogen and oxygen atoms in total. The second kappa shape index (κ2) is 2.79. The molecule has 0 aliphatic heterocycles. The highest BCUT2D eigenvalue weighted by Gasteiger charge is 2.16. The molecule has 0 heterocycles. The molecule has 8 heavy (non-hydrogen) atoms. The van der Waals surface area contributed by atoms with Crippen LogP contribution in [-0.4, -0.2) is 6.98 Å². The van der Waals surface area contributed by atoms with E-state index < -0.39 is 6.98 Å². The van der Waals surface area contributed by atoms with Crippen molar-refractivity contribution in [1.29, 1.82) is 0 Å². The average Bonchev–Trinajstić information content (AvgIpc) is 1.59. The highest BCUT2D eigenvalue weighted by molar-refractivity contribution is 6.64. The van der Waals surface area contributed by atoms with Gasteiger partial charge in [-0.15, -0.1) is 12.1 Å². The van der Waals surface area contributed by atoms with Crippen molar-refractivity contribution < 1.29 is 12.9 Å². The molecule has 0 atom stereocenters. The molecule has 0 rings (SSSR count). The lowest BCUT2D eigenvalue weighted by atomic mass is 9.91. The molecule has 0 bridgehead atoms. The number of rotatable bonds is 2. The second-order valence-corrected chi connectivity index (χ2v) is 1.46. The van der Waals surface area contributed by atoms with Crippen LogP contribution in [0.3, 0.4) is 0 Å². The van der Waals surface area contributed by atoms with Gasteiger partial charge in [-0.25, -0.2) is 0 Å². The predicted molar refractivity (Wildman–Crippen MR) is 28.5 cm³/mol. The molecule has 0 saturated heterocycles. The minimum atomic E-state index is -4.68. The van der Waals surface area contributed by atoms with E-state index in [4.69, 9.17) is 0 Å². The van der Waals surface area contributed by atoms with E-state index in [0.717, 1.165) is 6.08 Å². The van der Waals surface area contributed by atoms with Gasteiger partial charge in [0.05, 0.1) is 0 Å². The van der Waals surface area contributed by atoms with E-state index in [-0.39, 0.29) is 0 Å². The van der Waals surface area contributed by atoms with Gasteiger partial charge < -0.3 is 12.9 Å². The summed E-state index contributed by atoms with van der Waals surface area (Å²) in [5, 5.41) is 0. The minimum absolute atomic E-state index is 0.306. The first-order valence-corrected chi connectivity index (χ1v) is 2.44. The molecule has 0 fully saturated rings. The maximum atomic E-state index is 11.2. The van der Waals surface area contributed by atoms with Crippen molar-refractivity contribution in [2.24, 2.45) is 0 Å². The molecule has 0 aromatic heterocycles. The molecule has 0 aromatic rings. The van der Waals surface area contributed by atoms with Crippen molar-refractivity contribution in [1.82, 2.24) is 0 Å². The third-order valence-corrected chi connectivity index (χ3v) is 0.590. The molecule has 0 amide bonds. The van der Waals surface area contributed by atoms with Crippen molar-refractivity contribution in [2.75, 3.05) is 0 Å². The van der Waals surface area contributed by atoms with Gasteiger partial charge >= 0.3 is 6.98 Å². The average molecular weight is 123 g/mol. The SMILES string of the molecule is CC/C=C\[B-](F)(F)F. The third kappa shape index (κ3) is 5.59. The Labute approximate surface area is 46.4 Å². The van der Waals surface area contributed by atoms with Crippen LogP contribution in [0.15, 0.2) is 12.1 Å². The molecule has 0 spiro atoms. The summed E-state index contributed by atoms with van der Waals surface area (Å²) in [5.41, 5.74) is 0. The van der Waals surface area contributed by atoms with Crippen molar-refractivity contribution in [2.45, 2.75) is 13.3 Å². The Bertz CT molecular complexity index is 83.8. The summed E-state index contributed by atoms with van der Waals surface area (Å²) in [6.07, 6.45) is 1.56. The van der Waals surface area contributed by atoms with Crippen LogP contribution in [-0.2, 0) is 0 Å². The van der Waals surface area contributed by atoms with Gasteiger partial charge in [-0.1, -0.05) is 6.92 Å². The van der Waals surface area contributed by atoms with Crippen LogP contribution in [0.5, 0.6) is 0 Å². The molecule has 0 radical (unpaired) electrons. The first-order valence-electron chi connectivity index (χ1n) is 2.44. The molecule has 0 N–H and O–H groups in total. The van der Waals surface area contributed by atoms with Crippen LogP contribution in [0.4, 0.5) is 12.9 Å². The summed E-state index contributed by atoms with van der Waals surface area (Å²) in [4.78, 5) is 0. The van der Waals surface area contributed by atoms with Gasteiger partial charge in [0, 0.05) is 0 Å². The van der Waals surface area contributed by atoms with E-state index in [1.807, 2.05) is 0 Å². The lowest BCUT2D eigenvalue weighted by Crippen LogP contribution is -2.09. The van der Waals surface area contributed by atoms with E-state index in [1.54, 1.807) is 6.92 Å². The quantitative estimate of drug-likeness (QED) is 0.494. The molecule has 0 unspecified atom stereocenters. The topological polar surface area (TPSA) is 0 Å². The number of hydrogen-bond donors (Lipinski definition) is 0. The van der Waals surface area contributed by atoms with Gasteiger partial charge in [0.25, 0.3) is 0 Å². The first-order chi connectivity index (χ1) is 3.56. The molecule has 48 valence electrons. The molecule has 4 heteroatoms. The maximum Gasteiger partial charge on any atom is 0.502 e. The molecule has 0 aromatic carbocycles. The van der Waals surface area contributed by atoms with Gasteiger partial charge in [-0.3, -0.25) is 0 Å². The zero-order valence-corrected chi connectivity index (χ0v) is 4.57. The highest BCUT2D eigenvalue weighted by atomic mass is 19.4.